The maximum Gasteiger partial charge on any atom is 0.133 e. The Morgan fingerprint density at radius 1 is 1.08 bits per heavy atom. The van der Waals surface area contributed by atoms with Crippen molar-refractivity contribution in [2.45, 2.75) is 29.9 Å². The Balaban J connectivity index is 1.77. The molecular weight excluding hydrogens is 328 g/mol. The fourth-order valence-corrected chi connectivity index (χ4v) is 4.65. The van der Waals surface area contributed by atoms with Gasteiger partial charge in [-0.3, -0.25) is 4.21 Å². The van der Waals surface area contributed by atoms with Crippen LogP contribution in [0, 0.1) is 17.6 Å². The number of benzene rings is 2. The average Bonchev–Trinajstić information content (AvgIpc) is 2.61. The van der Waals surface area contributed by atoms with Crippen molar-refractivity contribution in [3.05, 3.63) is 54.1 Å². The molecule has 128 valence electrons. The quantitative estimate of drug-likeness (QED) is 0.899. The first kappa shape index (κ1) is 17.2. The summed E-state index contributed by atoms with van der Waals surface area (Å²) in [7, 11) is -1.08. The first-order valence-corrected chi connectivity index (χ1v) is 9.44. The van der Waals surface area contributed by atoms with Crippen LogP contribution in [0.5, 0.6) is 0 Å². The number of hydrogen-bond acceptors (Lipinski definition) is 2. The van der Waals surface area contributed by atoms with E-state index in [1.54, 1.807) is 24.3 Å². The van der Waals surface area contributed by atoms with Gasteiger partial charge >= 0.3 is 0 Å². The molecule has 5 heteroatoms. The second kappa shape index (κ2) is 7.53. The van der Waals surface area contributed by atoms with Gasteiger partial charge in [-0.2, -0.15) is 0 Å². The second-order valence-electron chi connectivity index (χ2n) is 6.24. The van der Waals surface area contributed by atoms with Crippen LogP contribution in [0.3, 0.4) is 0 Å². The highest BCUT2D eigenvalue weighted by molar-refractivity contribution is 7.85. The molecule has 2 unspecified atom stereocenters. The third-order valence-corrected chi connectivity index (χ3v) is 6.51. The first-order valence-electron chi connectivity index (χ1n) is 8.23. The molecule has 0 aromatic heterocycles. The number of nitrogens with one attached hydrogen (secondary N) is 1. The summed E-state index contributed by atoms with van der Waals surface area (Å²) in [6.07, 6.45) is 2.09. The molecule has 0 radical (unpaired) electrons. The predicted molar refractivity (Wildman–Crippen MR) is 93.3 cm³/mol. The topological polar surface area (TPSA) is 29.1 Å². The highest BCUT2D eigenvalue weighted by Gasteiger charge is 2.25. The summed E-state index contributed by atoms with van der Waals surface area (Å²) >= 11 is 0. The number of rotatable bonds is 4. The van der Waals surface area contributed by atoms with Crippen molar-refractivity contribution in [3.63, 3.8) is 0 Å². The average molecular weight is 349 g/mol. The summed E-state index contributed by atoms with van der Waals surface area (Å²) in [6.45, 7) is 4.00. The maximum absolute atomic E-state index is 13.9. The molecule has 2 aromatic rings. The highest BCUT2D eigenvalue weighted by atomic mass is 32.2. The van der Waals surface area contributed by atoms with Crippen LogP contribution >= 0.6 is 0 Å². The van der Waals surface area contributed by atoms with E-state index in [1.807, 2.05) is 6.92 Å². The lowest BCUT2D eigenvalue weighted by molar-refractivity contribution is 0.369. The molecule has 0 aliphatic carbocycles. The summed E-state index contributed by atoms with van der Waals surface area (Å²) in [5.74, 6) is -0.724. The van der Waals surface area contributed by atoms with Gasteiger partial charge < -0.3 is 5.32 Å². The molecule has 1 heterocycles. The van der Waals surface area contributed by atoms with Crippen LogP contribution in [0.25, 0.3) is 11.1 Å². The molecule has 24 heavy (non-hydrogen) atoms. The van der Waals surface area contributed by atoms with E-state index in [1.165, 1.54) is 12.1 Å². The van der Waals surface area contributed by atoms with Crippen LogP contribution in [-0.2, 0) is 10.8 Å². The van der Waals surface area contributed by atoms with Gasteiger partial charge in [0.15, 0.2) is 0 Å². The molecule has 0 amide bonds. The minimum absolute atomic E-state index is 0.0977. The summed E-state index contributed by atoms with van der Waals surface area (Å²) in [6, 6.07) is 10.6. The van der Waals surface area contributed by atoms with Crippen molar-refractivity contribution in [2.75, 3.05) is 13.1 Å². The zero-order valence-corrected chi connectivity index (χ0v) is 14.4. The van der Waals surface area contributed by atoms with Crippen molar-refractivity contribution in [2.24, 2.45) is 5.92 Å². The molecular formula is C19H21F2NOS. The van der Waals surface area contributed by atoms with Crippen LogP contribution in [-0.4, -0.2) is 22.5 Å². The Morgan fingerprint density at radius 3 is 2.38 bits per heavy atom. The molecule has 1 fully saturated rings. The van der Waals surface area contributed by atoms with Crippen LogP contribution in [0.15, 0.2) is 47.4 Å². The number of hydrogen-bond donors (Lipinski definition) is 1. The second-order valence-corrected chi connectivity index (χ2v) is 8.05. The Kier molecular flexibility index (Phi) is 5.41. The van der Waals surface area contributed by atoms with Gasteiger partial charge in [0, 0.05) is 21.8 Å². The van der Waals surface area contributed by atoms with Gasteiger partial charge in [0.05, 0.1) is 10.8 Å². The van der Waals surface area contributed by atoms with E-state index < -0.39 is 22.4 Å². The van der Waals surface area contributed by atoms with Gasteiger partial charge in [-0.1, -0.05) is 19.1 Å². The van der Waals surface area contributed by atoms with Crippen molar-refractivity contribution >= 4 is 10.8 Å². The molecule has 0 bridgehead atoms. The molecule has 1 N–H and O–H groups in total. The lowest BCUT2D eigenvalue weighted by Gasteiger charge is -2.27. The van der Waals surface area contributed by atoms with Crippen LogP contribution in [0.2, 0.25) is 0 Å². The van der Waals surface area contributed by atoms with E-state index >= 15 is 0 Å². The van der Waals surface area contributed by atoms with Gasteiger partial charge in [-0.25, -0.2) is 8.78 Å². The monoisotopic (exact) mass is 349 g/mol. The normalized spacial score (nSPS) is 18.3. The minimum Gasteiger partial charge on any atom is -0.317 e. The Hall–Kier alpha value is -1.59. The third kappa shape index (κ3) is 3.73. The van der Waals surface area contributed by atoms with Crippen molar-refractivity contribution < 1.29 is 13.0 Å². The molecule has 0 spiro atoms. The van der Waals surface area contributed by atoms with E-state index in [-0.39, 0.29) is 5.25 Å². The number of piperidine rings is 1. The Labute approximate surface area is 143 Å². The fourth-order valence-electron chi connectivity index (χ4n) is 3.20. The van der Waals surface area contributed by atoms with Crippen LogP contribution in [0.1, 0.15) is 19.8 Å². The lowest BCUT2D eigenvalue weighted by atomic mass is 9.95. The van der Waals surface area contributed by atoms with Crippen LogP contribution in [0.4, 0.5) is 8.78 Å². The molecule has 3 rings (SSSR count). The molecule has 2 aromatic carbocycles. The van der Waals surface area contributed by atoms with Gasteiger partial charge in [0.2, 0.25) is 0 Å². The highest BCUT2D eigenvalue weighted by Crippen LogP contribution is 2.27. The summed E-state index contributed by atoms with van der Waals surface area (Å²) < 4.78 is 39.6. The lowest BCUT2D eigenvalue weighted by Crippen LogP contribution is -2.34. The Bertz CT molecular complexity index is 727. The molecule has 2 atom stereocenters. The van der Waals surface area contributed by atoms with Crippen LogP contribution < -0.4 is 5.32 Å². The Morgan fingerprint density at radius 2 is 1.75 bits per heavy atom. The zero-order chi connectivity index (χ0) is 17.1. The van der Waals surface area contributed by atoms with Crippen molar-refractivity contribution in [1.29, 1.82) is 0 Å². The van der Waals surface area contributed by atoms with E-state index in [4.69, 9.17) is 0 Å². The summed E-state index contributed by atoms with van der Waals surface area (Å²) in [5.41, 5.74) is 1.00. The van der Waals surface area contributed by atoms with Gasteiger partial charge in [-0.05, 0) is 61.7 Å². The first-order chi connectivity index (χ1) is 11.6. The minimum atomic E-state index is -1.08. The van der Waals surface area contributed by atoms with Gasteiger partial charge in [-0.15, -0.1) is 0 Å². The zero-order valence-electron chi connectivity index (χ0n) is 13.6. The van der Waals surface area contributed by atoms with E-state index in [0.29, 0.717) is 17.0 Å². The summed E-state index contributed by atoms with van der Waals surface area (Å²) in [5, 5.41) is 3.42. The molecule has 1 aliphatic heterocycles. The van der Waals surface area contributed by atoms with Gasteiger partial charge in [0.1, 0.15) is 11.6 Å². The largest absolute Gasteiger partial charge is 0.317 e. The maximum atomic E-state index is 13.9. The van der Waals surface area contributed by atoms with E-state index in [2.05, 4.69) is 5.32 Å². The van der Waals surface area contributed by atoms with Crippen molar-refractivity contribution in [3.8, 4) is 11.1 Å². The molecule has 2 nitrogen and oxygen atoms in total. The smallest absolute Gasteiger partial charge is 0.133 e. The molecule has 0 saturated carbocycles. The van der Waals surface area contributed by atoms with Gasteiger partial charge in [0.25, 0.3) is 0 Å². The third-order valence-electron chi connectivity index (χ3n) is 4.71. The van der Waals surface area contributed by atoms with Crippen molar-refractivity contribution in [1.82, 2.24) is 5.32 Å². The number of halogens is 2. The fraction of sp³-hybridized carbons (Fsp3) is 0.368. The van der Waals surface area contributed by atoms with E-state index in [9.17, 15) is 13.0 Å². The SMILES string of the molecule is CC(C1CCNCC1)S(=O)c1ccc(-c2ccc(F)cc2F)cc1. The van der Waals surface area contributed by atoms with E-state index in [0.717, 1.165) is 36.9 Å². The predicted octanol–water partition coefficient (Wildman–Crippen LogP) is 4.13. The molecule has 1 saturated heterocycles. The molecule has 1 aliphatic rings. The summed E-state index contributed by atoms with van der Waals surface area (Å²) in [4.78, 5) is 0.757. The standard InChI is InChI=1S/C19H21F2NOS/c1-13(14-8-10-22-11-9-14)24(23)17-5-2-15(3-6-17)18-7-4-16(20)12-19(18)21/h2-7,12-14,22H,8-11H2,1H3.